The number of amides is 1. The Kier molecular flexibility index (Phi) is 4.90. The molecule has 0 saturated heterocycles. The third-order valence-corrected chi connectivity index (χ3v) is 1.68. The first-order valence-corrected chi connectivity index (χ1v) is 4.85. The summed E-state index contributed by atoms with van der Waals surface area (Å²) in [6, 6.07) is 2.61. The average molecular weight is 264 g/mol. The summed E-state index contributed by atoms with van der Waals surface area (Å²) in [7, 11) is 1.37. The smallest absolute Gasteiger partial charge is 0.422 e. The molecule has 0 aromatic carbocycles. The van der Waals surface area contributed by atoms with Crippen molar-refractivity contribution in [3.63, 3.8) is 0 Å². The molecule has 0 aliphatic heterocycles. The standard InChI is InChI=1S/C10H11F3N2O3/c1-17-5-8(16)15-7-2-3-9(14-4-7)18-6-10(11,12)13/h2-4H,5-6H2,1H3,(H,15,16). The summed E-state index contributed by atoms with van der Waals surface area (Å²) in [5.41, 5.74) is 0.344. The van der Waals surface area contributed by atoms with E-state index in [2.05, 4.69) is 19.8 Å². The zero-order valence-electron chi connectivity index (χ0n) is 9.45. The summed E-state index contributed by atoms with van der Waals surface area (Å²) in [4.78, 5) is 14.7. The summed E-state index contributed by atoms with van der Waals surface area (Å²) >= 11 is 0. The van der Waals surface area contributed by atoms with Gasteiger partial charge in [0.1, 0.15) is 6.61 Å². The summed E-state index contributed by atoms with van der Waals surface area (Å²) in [6.45, 7) is -1.53. The highest BCUT2D eigenvalue weighted by Crippen LogP contribution is 2.17. The van der Waals surface area contributed by atoms with E-state index < -0.39 is 12.8 Å². The molecule has 0 unspecified atom stereocenters. The first kappa shape index (κ1) is 14.2. The summed E-state index contributed by atoms with van der Waals surface area (Å²) < 4.78 is 44.6. The zero-order valence-corrected chi connectivity index (χ0v) is 9.45. The molecule has 8 heteroatoms. The zero-order chi connectivity index (χ0) is 13.6. The topological polar surface area (TPSA) is 60.5 Å². The van der Waals surface area contributed by atoms with Crippen LogP contribution in [-0.4, -0.2) is 37.4 Å². The molecule has 0 bridgehead atoms. The van der Waals surface area contributed by atoms with E-state index in [9.17, 15) is 18.0 Å². The average Bonchev–Trinajstić information content (AvgIpc) is 2.27. The minimum Gasteiger partial charge on any atom is -0.468 e. The van der Waals surface area contributed by atoms with Crippen molar-refractivity contribution in [1.29, 1.82) is 0 Å². The van der Waals surface area contributed by atoms with Crippen LogP contribution in [0.2, 0.25) is 0 Å². The number of rotatable bonds is 5. The molecule has 0 radical (unpaired) electrons. The van der Waals surface area contributed by atoms with Crippen molar-refractivity contribution in [3.05, 3.63) is 18.3 Å². The first-order chi connectivity index (χ1) is 8.40. The third-order valence-electron chi connectivity index (χ3n) is 1.68. The van der Waals surface area contributed by atoms with Gasteiger partial charge in [-0.25, -0.2) is 4.98 Å². The molecule has 5 nitrogen and oxygen atoms in total. The van der Waals surface area contributed by atoms with Gasteiger partial charge in [0.05, 0.1) is 11.9 Å². The SMILES string of the molecule is COCC(=O)Nc1ccc(OCC(F)(F)F)nc1. The van der Waals surface area contributed by atoms with E-state index >= 15 is 0 Å². The fraction of sp³-hybridized carbons (Fsp3) is 0.400. The van der Waals surface area contributed by atoms with Crippen molar-refractivity contribution >= 4 is 11.6 Å². The number of halogens is 3. The number of hydrogen-bond donors (Lipinski definition) is 1. The van der Waals surface area contributed by atoms with E-state index in [-0.39, 0.29) is 18.4 Å². The van der Waals surface area contributed by atoms with Gasteiger partial charge in [-0.05, 0) is 6.07 Å². The van der Waals surface area contributed by atoms with Gasteiger partial charge in [0.15, 0.2) is 6.61 Å². The highest BCUT2D eigenvalue weighted by atomic mass is 19.4. The van der Waals surface area contributed by atoms with Crippen molar-refractivity contribution in [2.45, 2.75) is 6.18 Å². The Bertz CT molecular complexity index is 392. The molecule has 18 heavy (non-hydrogen) atoms. The number of aromatic nitrogens is 1. The molecule has 0 fully saturated rings. The monoisotopic (exact) mass is 264 g/mol. The number of nitrogens with one attached hydrogen (secondary N) is 1. The molecule has 0 spiro atoms. The van der Waals surface area contributed by atoms with Gasteiger partial charge in [0.25, 0.3) is 0 Å². The van der Waals surface area contributed by atoms with Crippen molar-refractivity contribution < 1.29 is 27.4 Å². The van der Waals surface area contributed by atoms with Crippen LogP contribution in [0.1, 0.15) is 0 Å². The molecule has 100 valence electrons. The van der Waals surface area contributed by atoms with Gasteiger partial charge >= 0.3 is 6.18 Å². The Labute approximate surface area is 101 Å². The van der Waals surface area contributed by atoms with E-state index in [1.807, 2.05) is 0 Å². The van der Waals surface area contributed by atoms with Gasteiger partial charge in [-0.15, -0.1) is 0 Å². The van der Waals surface area contributed by atoms with Gasteiger partial charge in [-0.3, -0.25) is 4.79 Å². The molecule has 1 aromatic heterocycles. The molecular weight excluding hydrogens is 253 g/mol. The Balaban J connectivity index is 2.50. The van der Waals surface area contributed by atoms with Gasteiger partial charge in [0.2, 0.25) is 11.8 Å². The second-order valence-corrected chi connectivity index (χ2v) is 3.27. The second-order valence-electron chi connectivity index (χ2n) is 3.27. The van der Waals surface area contributed by atoms with Crippen LogP contribution in [0.4, 0.5) is 18.9 Å². The fourth-order valence-electron chi connectivity index (χ4n) is 1.02. The van der Waals surface area contributed by atoms with Crippen molar-refractivity contribution in [1.82, 2.24) is 4.98 Å². The highest BCUT2D eigenvalue weighted by Gasteiger charge is 2.28. The van der Waals surface area contributed by atoms with Crippen LogP contribution >= 0.6 is 0 Å². The van der Waals surface area contributed by atoms with Crippen LogP contribution < -0.4 is 10.1 Å². The predicted octanol–water partition coefficient (Wildman–Crippen LogP) is 1.61. The Morgan fingerprint density at radius 3 is 2.67 bits per heavy atom. The number of carbonyl (C=O) groups is 1. The Morgan fingerprint density at radius 2 is 2.17 bits per heavy atom. The van der Waals surface area contributed by atoms with Crippen LogP contribution in [0, 0.1) is 0 Å². The normalized spacial score (nSPS) is 11.1. The predicted molar refractivity (Wildman–Crippen MR) is 56.3 cm³/mol. The van der Waals surface area contributed by atoms with Crippen LogP contribution in [0.15, 0.2) is 18.3 Å². The van der Waals surface area contributed by atoms with Crippen molar-refractivity contribution in [3.8, 4) is 5.88 Å². The van der Waals surface area contributed by atoms with Gasteiger partial charge in [-0.1, -0.05) is 0 Å². The number of anilines is 1. The largest absolute Gasteiger partial charge is 0.468 e. The van der Waals surface area contributed by atoms with Crippen LogP contribution in [-0.2, 0) is 9.53 Å². The molecule has 0 aliphatic carbocycles. The lowest BCUT2D eigenvalue weighted by Crippen LogP contribution is -2.20. The van der Waals surface area contributed by atoms with Gasteiger partial charge in [-0.2, -0.15) is 13.2 Å². The number of pyridine rings is 1. The lowest BCUT2D eigenvalue weighted by molar-refractivity contribution is -0.154. The molecule has 0 aliphatic rings. The highest BCUT2D eigenvalue weighted by molar-refractivity contribution is 5.91. The quantitative estimate of drug-likeness (QED) is 0.877. The molecule has 1 aromatic rings. The fourth-order valence-corrected chi connectivity index (χ4v) is 1.02. The maximum atomic E-state index is 11.9. The summed E-state index contributed by atoms with van der Waals surface area (Å²) in [5, 5.41) is 2.44. The van der Waals surface area contributed by atoms with Gasteiger partial charge in [0, 0.05) is 13.2 Å². The third kappa shape index (κ3) is 5.48. The van der Waals surface area contributed by atoms with E-state index in [0.29, 0.717) is 5.69 Å². The molecule has 1 N–H and O–H groups in total. The van der Waals surface area contributed by atoms with Crippen molar-refractivity contribution in [2.75, 3.05) is 25.6 Å². The number of nitrogens with zero attached hydrogens (tertiary/aromatic N) is 1. The molecule has 0 saturated carbocycles. The minimum atomic E-state index is -4.41. The lowest BCUT2D eigenvalue weighted by Gasteiger charge is -2.09. The maximum Gasteiger partial charge on any atom is 0.422 e. The molecule has 0 atom stereocenters. The lowest BCUT2D eigenvalue weighted by atomic mass is 10.4. The van der Waals surface area contributed by atoms with Crippen LogP contribution in [0.25, 0.3) is 0 Å². The number of ether oxygens (including phenoxy) is 2. The number of carbonyl (C=O) groups excluding carboxylic acids is 1. The summed E-state index contributed by atoms with van der Waals surface area (Å²) in [5.74, 6) is -0.555. The maximum absolute atomic E-state index is 11.9. The van der Waals surface area contributed by atoms with E-state index in [0.717, 1.165) is 0 Å². The first-order valence-electron chi connectivity index (χ1n) is 4.85. The molecule has 1 heterocycles. The molecule has 1 amide bonds. The van der Waals surface area contributed by atoms with E-state index in [1.54, 1.807) is 0 Å². The van der Waals surface area contributed by atoms with Gasteiger partial charge < -0.3 is 14.8 Å². The number of alkyl halides is 3. The summed E-state index contributed by atoms with van der Waals surface area (Å²) in [6.07, 6.45) is -3.22. The van der Waals surface area contributed by atoms with E-state index in [1.165, 1.54) is 25.4 Å². The van der Waals surface area contributed by atoms with E-state index in [4.69, 9.17) is 0 Å². The number of hydrogen-bond acceptors (Lipinski definition) is 4. The van der Waals surface area contributed by atoms with Crippen LogP contribution in [0.3, 0.4) is 0 Å². The van der Waals surface area contributed by atoms with Crippen LogP contribution in [0.5, 0.6) is 5.88 Å². The Morgan fingerprint density at radius 1 is 1.44 bits per heavy atom. The second kappa shape index (κ2) is 6.20. The molecule has 1 rings (SSSR count). The number of methoxy groups -OCH3 is 1. The minimum absolute atomic E-state index is 0.119. The molecular formula is C10H11F3N2O3. The Hall–Kier alpha value is -1.83. The van der Waals surface area contributed by atoms with Crippen molar-refractivity contribution in [2.24, 2.45) is 0 Å².